The molecular weight excluding hydrogens is 436 g/mol. The van der Waals surface area contributed by atoms with Crippen LogP contribution in [0.5, 0.6) is 5.75 Å². The molecule has 0 radical (unpaired) electrons. The lowest BCUT2D eigenvalue weighted by Crippen LogP contribution is -2.37. The minimum Gasteiger partial charge on any atom is -0.485 e. The van der Waals surface area contributed by atoms with Crippen LogP contribution < -0.4 is 4.74 Å². The number of likely N-dealkylation sites (tertiary alicyclic amines) is 1. The molecule has 0 saturated carbocycles. The first-order valence-corrected chi connectivity index (χ1v) is 11.2. The van der Waals surface area contributed by atoms with Crippen LogP contribution in [0.15, 0.2) is 54.7 Å². The number of carbonyl (C=O) groups is 1. The van der Waals surface area contributed by atoms with E-state index in [1.807, 2.05) is 25.1 Å². The minimum atomic E-state index is -0.771. The van der Waals surface area contributed by atoms with Gasteiger partial charge < -0.3 is 9.64 Å². The number of halogens is 2. The molecular formula is C27H25F2N3O2. The molecule has 1 aromatic heterocycles. The third-order valence-electron chi connectivity index (χ3n) is 6.24. The van der Waals surface area contributed by atoms with E-state index in [4.69, 9.17) is 10.00 Å². The van der Waals surface area contributed by atoms with E-state index in [1.165, 1.54) is 11.6 Å². The topological polar surface area (TPSA) is 66.2 Å². The molecule has 0 spiro atoms. The number of hydrogen-bond acceptors (Lipinski definition) is 4. The van der Waals surface area contributed by atoms with E-state index in [-0.39, 0.29) is 30.2 Å². The summed E-state index contributed by atoms with van der Waals surface area (Å²) in [5, 5.41) is 8.72. The number of aryl methyl sites for hydroxylation is 1. The lowest BCUT2D eigenvalue weighted by Gasteiger charge is -2.32. The summed E-state index contributed by atoms with van der Waals surface area (Å²) in [4.78, 5) is 17.9. The Kier molecular flexibility index (Phi) is 7.17. The highest BCUT2D eigenvalue weighted by molar-refractivity contribution is 5.78. The molecule has 0 unspecified atom stereocenters. The summed E-state index contributed by atoms with van der Waals surface area (Å²) >= 11 is 0. The van der Waals surface area contributed by atoms with E-state index in [2.05, 4.69) is 11.1 Å². The van der Waals surface area contributed by atoms with Crippen molar-refractivity contribution < 1.29 is 18.3 Å². The van der Waals surface area contributed by atoms with E-state index in [0.717, 1.165) is 30.0 Å². The Morgan fingerprint density at radius 2 is 1.97 bits per heavy atom. The normalized spacial score (nSPS) is 14.0. The van der Waals surface area contributed by atoms with Gasteiger partial charge >= 0.3 is 0 Å². The largest absolute Gasteiger partial charge is 0.485 e. The smallest absolute Gasteiger partial charge is 0.236 e. The lowest BCUT2D eigenvalue weighted by molar-refractivity contribution is -0.131. The molecule has 2 aromatic carbocycles. The highest BCUT2D eigenvalue weighted by Gasteiger charge is 2.24. The molecule has 5 nitrogen and oxygen atoms in total. The van der Waals surface area contributed by atoms with Gasteiger partial charge in [-0.1, -0.05) is 24.3 Å². The number of piperidine rings is 1. The second-order valence-electron chi connectivity index (χ2n) is 8.44. The number of rotatable bonds is 6. The molecule has 3 aromatic rings. The van der Waals surface area contributed by atoms with Crippen molar-refractivity contribution in [1.82, 2.24) is 9.88 Å². The van der Waals surface area contributed by atoms with Crippen LogP contribution in [0.25, 0.3) is 11.3 Å². The molecule has 1 amide bonds. The van der Waals surface area contributed by atoms with Crippen molar-refractivity contribution in [2.45, 2.75) is 38.7 Å². The number of ether oxygens (including phenoxy) is 1. The molecule has 34 heavy (non-hydrogen) atoms. The molecule has 1 aliphatic heterocycles. The molecule has 0 aliphatic carbocycles. The maximum absolute atomic E-state index is 14.6. The van der Waals surface area contributed by atoms with E-state index in [1.54, 1.807) is 29.3 Å². The Morgan fingerprint density at radius 1 is 1.18 bits per heavy atom. The Bertz CT molecular complexity index is 1220. The lowest BCUT2D eigenvalue weighted by atomic mass is 9.87. The highest BCUT2D eigenvalue weighted by Crippen LogP contribution is 2.34. The molecule has 174 valence electrons. The van der Waals surface area contributed by atoms with Gasteiger partial charge in [0, 0.05) is 30.9 Å². The van der Waals surface area contributed by atoms with Gasteiger partial charge in [0.25, 0.3) is 0 Å². The van der Waals surface area contributed by atoms with Crippen LogP contribution in [-0.2, 0) is 11.4 Å². The average Bonchev–Trinajstić information content (AvgIpc) is 2.84. The zero-order valence-corrected chi connectivity index (χ0v) is 18.9. The van der Waals surface area contributed by atoms with Gasteiger partial charge in [0.05, 0.1) is 11.8 Å². The van der Waals surface area contributed by atoms with E-state index < -0.39 is 11.6 Å². The first-order chi connectivity index (χ1) is 16.5. The fourth-order valence-electron chi connectivity index (χ4n) is 4.35. The fraction of sp³-hybridized carbons (Fsp3) is 0.296. The Hall–Kier alpha value is -3.79. The standard InChI is InChI=1S/C27H25F2N3O2/c1-18-14-20(19-8-12-32(13-9-19)26(33)7-10-30)5-6-21(18)17-34-27-23(15-22(28)16-24(27)29)25-4-2-3-11-31-25/h2-6,11,14-16,19H,7-9,12-13,17H2,1H3. The fourth-order valence-corrected chi connectivity index (χ4v) is 4.35. The number of pyridine rings is 1. The summed E-state index contributed by atoms with van der Waals surface area (Å²) in [6.07, 6.45) is 3.19. The van der Waals surface area contributed by atoms with Crippen molar-refractivity contribution >= 4 is 5.91 Å². The zero-order valence-electron chi connectivity index (χ0n) is 18.9. The van der Waals surface area contributed by atoms with Crippen LogP contribution in [0.3, 0.4) is 0 Å². The SMILES string of the molecule is Cc1cc(C2CCN(C(=O)CC#N)CC2)ccc1COc1c(F)cc(F)cc1-c1ccccn1. The molecule has 0 N–H and O–H groups in total. The third kappa shape index (κ3) is 5.23. The van der Waals surface area contributed by atoms with Crippen LogP contribution in [0, 0.1) is 29.9 Å². The van der Waals surface area contributed by atoms with Gasteiger partial charge in [0.15, 0.2) is 11.6 Å². The Morgan fingerprint density at radius 3 is 2.65 bits per heavy atom. The second kappa shape index (κ2) is 10.4. The monoisotopic (exact) mass is 461 g/mol. The number of nitriles is 1. The molecule has 1 aliphatic rings. The first-order valence-electron chi connectivity index (χ1n) is 11.2. The van der Waals surface area contributed by atoms with Gasteiger partial charge in [-0.15, -0.1) is 0 Å². The van der Waals surface area contributed by atoms with Crippen LogP contribution in [-0.4, -0.2) is 28.9 Å². The molecule has 0 atom stereocenters. The number of benzene rings is 2. The molecule has 0 bridgehead atoms. The highest BCUT2D eigenvalue weighted by atomic mass is 19.1. The van der Waals surface area contributed by atoms with Crippen molar-refractivity contribution in [3.63, 3.8) is 0 Å². The molecule has 1 saturated heterocycles. The number of amides is 1. The maximum atomic E-state index is 14.6. The van der Waals surface area contributed by atoms with E-state index in [9.17, 15) is 13.6 Å². The van der Waals surface area contributed by atoms with Gasteiger partial charge in [-0.05, 0) is 60.6 Å². The molecule has 2 heterocycles. The van der Waals surface area contributed by atoms with Crippen LogP contribution in [0.4, 0.5) is 8.78 Å². The summed E-state index contributed by atoms with van der Waals surface area (Å²) in [6, 6.07) is 15.2. The average molecular weight is 462 g/mol. The zero-order chi connectivity index (χ0) is 24.1. The van der Waals surface area contributed by atoms with Crippen molar-refractivity contribution in [3.05, 3.63) is 83.1 Å². The quantitative estimate of drug-likeness (QED) is 0.484. The number of aromatic nitrogens is 1. The summed E-state index contributed by atoms with van der Waals surface area (Å²) < 4.78 is 34.3. The van der Waals surface area contributed by atoms with Gasteiger partial charge in [0.1, 0.15) is 18.8 Å². The molecule has 7 heteroatoms. The maximum Gasteiger partial charge on any atom is 0.236 e. The summed E-state index contributed by atoms with van der Waals surface area (Å²) in [7, 11) is 0. The Balaban J connectivity index is 1.46. The van der Waals surface area contributed by atoms with Crippen molar-refractivity contribution in [1.29, 1.82) is 5.26 Å². The number of hydrogen-bond donors (Lipinski definition) is 0. The number of carbonyl (C=O) groups excluding carboxylic acids is 1. The van der Waals surface area contributed by atoms with Gasteiger partial charge in [-0.3, -0.25) is 9.78 Å². The van der Waals surface area contributed by atoms with E-state index in [0.29, 0.717) is 24.7 Å². The molecule has 1 fully saturated rings. The first kappa shape index (κ1) is 23.4. The van der Waals surface area contributed by atoms with Crippen LogP contribution in [0.2, 0.25) is 0 Å². The van der Waals surface area contributed by atoms with Gasteiger partial charge in [-0.25, -0.2) is 8.78 Å². The summed E-state index contributed by atoms with van der Waals surface area (Å²) in [6.45, 7) is 3.41. The third-order valence-corrected chi connectivity index (χ3v) is 6.24. The van der Waals surface area contributed by atoms with Crippen molar-refractivity contribution in [2.24, 2.45) is 0 Å². The van der Waals surface area contributed by atoms with Crippen molar-refractivity contribution in [3.8, 4) is 23.1 Å². The van der Waals surface area contributed by atoms with Crippen LogP contribution in [0.1, 0.15) is 41.9 Å². The predicted molar refractivity (Wildman–Crippen MR) is 124 cm³/mol. The molecule has 4 rings (SSSR count). The summed E-state index contributed by atoms with van der Waals surface area (Å²) in [5.41, 5.74) is 3.81. The van der Waals surface area contributed by atoms with Gasteiger partial charge in [-0.2, -0.15) is 5.26 Å². The Labute approximate surface area is 197 Å². The predicted octanol–water partition coefficient (Wildman–Crippen LogP) is 5.53. The number of nitrogens with zero attached hydrogens (tertiary/aromatic N) is 3. The van der Waals surface area contributed by atoms with Crippen molar-refractivity contribution in [2.75, 3.05) is 13.1 Å². The summed E-state index contributed by atoms with van der Waals surface area (Å²) in [5.74, 6) is -1.26. The van der Waals surface area contributed by atoms with E-state index >= 15 is 0 Å². The minimum absolute atomic E-state index is 0.0296. The van der Waals surface area contributed by atoms with Crippen LogP contribution >= 0.6 is 0 Å². The van der Waals surface area contributed by atoms with Gasteiger partial charge in [0.2, 0.25) is 5.91 Å². The second-order valence-corrected chi connectivity index (χ2v) is 8.44.